The second-order valence-electron chi connectivity index (χ2n) is 9.09. The van der Waals surface area contributed by atoms with Crippen molar-refractivity contribution in [2.45, 2.75) is 24.7 Å². The van der Waals surface area contributed by atoms with Crippen LogP contribution in [0.2, 0.25) is 0 Å². The highest BCUT2D eigenvalue weighted by Crippen LogP contribution is 2.35. The first-order valence-electron chi connectivity index (χ1n) is 11.7. The van der Waals surface area contributed by atoms with E-state index in [2.05, 4.69) is 89.9 Å². The number of piperidine rings is 1. The van der Waals surface area contributed by atoms with Crippen LogP contribution in [0, 0.1) is 5.92 Å². The van der Waals surface area contributed by atoms with E-state index in [0.29, 0.717) is 12.1 Å². The average molecular weight is 443 g/mol. The number of likely N-dealkylation sites (N-methyl/N-ethyl adjacent to an activating group) is 1. The second-order valence-corrected chi connectivity index (χ2v) is 9.09. The number of benzene rings is 3. The molecule has 0 radical (unpaired) electrons. The monoisotopic (exact) mass is 442 g/mol. The fraction of sp³-hybridized carbons (Fsp3) is 0.321. The molecule has 5 nitrogen and oxygen atoms in total. The van der Waals surface area contributed by atoms with Crippen molar-refractivity contribution in [1.82, 2.24) is 15.1 Å². The Hall–Kier alpha value is -2.99. The normalized spacial score (nSPS) is 21.3. The van der Waals surface area contributed by atoms with Gasteiger partial charge in [-0.3, -0.25) is 9.69 Å². The van der Waals surface area contributed by atoms with Crippen molar-refractivity contribution in [3.05, 3.63) is 108 Å². The third kappa shape index (κ3) is 5.50. The van der Waals surface area contributed by atoms with Gasteiger partial charge in [-0.1, -0.05) is 78.9 Å². The average Bonchev–Trinajstić information content (AvgIpc) is 2.85. The molecular weight excluding hydrogens is 408 g/mol. The van der Waals surface area contributed by atoms with Crippen LogP contribution in [0.25, 0.3) is 0 Å². The van der Waals surface area contributed by atoms with E-state index in [4.69, 9.17) is 5.73 Å². The van der Waals surface area contributed by atoms with E-state index in [9.17, 15) is 4.79 Å². The van der Waals surface area contributed by atoms with Crippen LogP contribution in [0.3, 0.4) is 0 Å². The van der Waals surface area contributed by atoms with E-state index in [1.165, 1.54) is 11.1 Å². The van der Waals surface area contributed by atoms with Gasteiger partial charge in [-0.25, -0.2) is 0 Å². The van der Waals surface area contributed by atoms with Crippen molar-refractivity contribution >= 4 is 5.91 Å². The van der Waals surface area contributed by atoms with Crippen molar-refractivity contribution in [3.63, 3.8) is 0 Å². The summed E-state index contributed by atoms with van der Waals surface area (Å²) >= 11 is 0. The fourth-order valence-electron chi connectivity index (χ4n) is 4.97. The molecule has 172 valence electrons. The van der Waals surface area contributed by atoms with E-state index >= 15 is 0 Å². The van der Waals surface area contributed by atoms with E-state index in [-0.39, 0.29) is 30.1 Å². The Balaban J connectivity index is 1.54. The lowest BCUT2D eigenvalue weighted by Crippen LogP contribution is -2.60. The Morgan fingerprint density at radius 2 is 1.45 bits per heavy atom. The minimum atomic E-state index is -0.106. The SMILES string of the molecule is CN(C)C1CN(C(c2ccccc2)c2ccccc2)C(N)CC1CNC(=O)c1ccccc1. The molecule has 1 fully saturated rings. The first-order chi connectivity index (χ1) is 16.0. The molecule has 1 heterocycles. The van der Waals surface area contributed by atoms with Gasteiger partial charge < -0.3 is 16.0 Å². The lowest BCUT2D eigenvalue weighted by atomic mass is 9.85. The molecule has 1 aliphatic rings. The molecule has 0 aromatic heterocycles. The highest BCUT2D eigenvalue weighted by atomic mass is 16.1. The van der Waals surface area contributed by atoms with Crippen LogP contribution in [0.4, 0.5) is 0 Å². The molecule has 0 aliphatic carbocycles. The number of carbonyl (C=O) groups excluding carboxylic acids is 1. The van der Waals surface area contributed by atoms with Crippen LogP contribution >= 0.6 is 0 Å². The summed E-state index contributed by atoms with van der Waals surface area (Å²) in [5, 5.41) is 3.14. The second kappa shape index (κ2) is 10.8. The smallest absolute Gasteiger partial charge is 0.251 e. The molecule has 3 aromatic rings. The Morgan fingerprint density at radius 1 is 0.939 bits per heavy atom. The van der Waals surface area contributed by atoms with Crippen LogP contribution in [0.15, 0.2) is 91.0 Å². The van der Waals surface area contributed by atoms with Gasteiger partial charge in [0, 0.05) is 24.7 Å². The molecule has 0 saturated carbocycles. The van der Waals surface area contributed by atoms with E-state index < -0.39 is 0 Å². The molecule has 0 spiro atoms. The van der Waals surface area contributed by atoms with E-state index in [1.54, 1.807) is 0 Å². The molecule has 3 unspecified atom stereocenters. The van der Waals surface area contributed by atoms with Crippen molar-refractivity contribution < 1.29 is 4.79 Å². The first kappa shape index (κ1) is 23.2. The zero-order chi connectivity index (χ0) is 23.2. The zero-order valence-electron chi connectivity index (χ0n) is 19.5. The summed E-state index contributed by atoms with van der Waals surface area (Å²) in [4.78, 5) is 17.3. The highest BCUT2D eigenvalue weighted by Gasteiger charge is 2.39. The zero-order valence-corrected chi connectivity index (χ0v) is 19.5. The van der Waals surface area contributed by atoms with Crippen molar-refractivity contribution in [2.24, 2.45) is 11.7 Å². The Bertz CT molecular complexity index is 970. The summed E-state index contributed by atoms with van der Waals surface area (Å²) in [5.41, 5.74) is 9.99. The molecule has 3 aromatic carbocycles. The van der Waals surface area contributed by atoms with Gasteiger partial charge in [0.2, 0.25) is 0 Å². The number of amides is 1. The van der Waals surface area contributed by atoms with Crippen molar-refractivity contribution in [2.75, 3.05) is 27.2 Å². The van der Waals surface area contributed by atoms with Gasteiger partial charge in [-0.15, -0.1) is 0 Å². The predicted molar refractivity (Wildman–Crippen MR) is 134 cm³/mol. The van der Waals surface area contributed by atoms with E-state index in [1.807, 2.05) is 30.3 Å². The Labute approximate surface area is 197 Å². The maximum Gasteiger partial charge on any atom is 0.251 e. The minimum absolute atomic E-state index is 0.0319. The summed E-state index contributed by atoms with van der Waals surface area (Å²) in [6, 6.07) is 30.9. The van der Waals surface area contributed by atoms with Crippen LogP contribution in [0.5, 0.6) is 0 Å². The standard InChI is InChI=1S/C28H34N4O/c1-31(2)25-20-32(27(21-12-6-3-7-13-21)22-14-8-4-9-15-22)26(29)18-24(25)19-30-28(33)23-16-10-5-11-17-23/h3-17,24-27H,18-20,29H2,1-2H3,(H,30,33). The van der Waals surface area contributed by atoms with Gasteiger partial charge >= 0.3 is 0 Å². The molecule has 0 bridgehead atoms. The van der Waals surface area contributed by atoms with E-state index in [0.717, 1.165) is 13.0 Å². The largest absolute Gasteiger partial charge is 0.352 e. The molecular formula is C28H34N4O. The fourth-order valence-corrected chi connectivity index (χ4v) is 4.97. The lowest BCUT2D eigenvalue weighted by molar-refractivity contribution is 0.0217. The summed E-state index contributed by atoms with van der Waals surface area (Å²) < 4.78 is 0. The summed E-state index contributed by atoms with van der Waals surface area (Å²) in [7, 11) is 4.23. The maximum absolute atomic E-state index is 12.6. The third-order valence-corrected chi connectivity index (χ3v) is 6.70. The van der Waals surface area contributed by atoms with Gasteiger partial charge in [-0.05, 0) is 49.7 Å². The summed E-state index contributed by atoms with van der Waals surface area (Å²) in [5.74, 6) is 0.238. The topological polar surface area (TPSA) is 61.6 Å². The highest BCUT2D eigenvalue weighted by molar-refractivity contribution is 5.94. The number of nitrogens with zero attached hydrogens (tertiary/aromatic N) is 2. The first-order valence-corrected chi connectivity index (χ1v) is 11.7. The Kier molecular flexibility index (Phi) is 7.55. The number of hydrogen-bond acceptors (Lipinski definition) is 4. The van der Waals surface area contributed by atoms with Crippen LogP contribution in [-0.4, -0.2) is 55.1 Å². The molecule has 33 heavy (non-hydrogen) atoms. The number of likely N-dealkylation sites (tertiary alicyclic amines) is 1. The van der Waals surface area contributed by atoms with Gasteiger partial charge in [0.05, 0.1) is 12.2 Å². The minimum Gasteiger partial charge on any atom is -0.352 e. The quantitative estimate of drug-likeness (QED) is 0.585. The van der Waals surface area contributed by atoms with Gasteiger partial charge in [0.1, 0.15) is 0 Å². The summed E-state index contributed by atoms with van der Waals surface area (Å²) in [6.45, 7) is 1.44. The molecule has 1 amide bonds. The van der Waals surface area contributed by atoms with Crippen LogP contribution in [0.1, 0.15) is 33.9 Å². The van der Waals surface area contributed by atoms with Gasteiger partial charge in [0.15, 0.2) is 0 Å². The maximum atomic E-state index is 12.6. The van der Waals surface area contributed by atoms with Gasteiger partial charge in [-0.2, -0.15) is 0 Å². The molecule has 4 rings (SSSR count). The molecule has 1 aliphatic heterocycles. The molecule has 5 heteroatoms. The third-order valence-electron chi connectivity index (χ3n) is 6.70. The Morgan fingerprint density at radius 3 is 1.97 bits per heavy atom. The molecule has 3 N–H and O–H groups in total. The summed E-state index contributed by atoms with van der Waals surface area (Å²) in [6.07, 6.45) is 0.707. The molecule has 1 saturated heterocycles. The number of nitrogens with two attached hydrogens (primary N) is 1. The molecule has 3 atom stereocenters. The number of carbonyl (C=O) groups is 1. The van der Waals surface area contributed by atoms with Crippen molar-refractivity contribution in [3.8, 4) is 0 Å². The number of hydrogen-bond donors (Lipinski definition) is 2. The van der Waals surface area contributed by atoms with Crippen molar-refractivity contribution in [1.29, 1.82) is 0 Å². The predicted octanol–water partition coefficient (Wildman–Crippen LogP) is 3.74. The van der Waals surface area contributed by atoms with Crippen LogP contribution in [-0.2, 0) is 0 Å². The van der Waals surface area contributed by atoms with Gasteiger partial charge in [0.25, 0.3) is 5.91 Å². The number of nitrogens with one attached hydrogen (secondary N) is 1. The van der Waals surface area contributed by atoms with Crippen LogP contribution < -0.4 is 11.1 Å². The number of rotatable bonds is 7. The lowest BCUT2D eigenvalue weighted by Gasteiger charge is -2.48.